The van der Waals surface area contributed by atoms with Gasteiger partial charge in [-0.3, -0.25) is 9.59 Å². The van der Waals surface area contributed by atoms with E-state index in [1.807, 2.05) is 26.0 Å². The Morgan fingerprint density at radius 1 is 1.31 bits per heavy atom. The van der Waals surface area contributed by atoms with Crippen LogP contribution in [0.15, 0.2) is 27.9 Å². The number of aryl methyl sites for hydroxylation is 2. The SMILES string of the molecule is CB(O)Nc1ccc(CNC(=O)Cn2c(C)cc(SC(C)C)c(C)c2=O)c(C)n1. The van der Waals surface area contributed by atoms with Crippen molar-refractivity contribution in [2.24, 2.45) is 0 Å². The fourth-order valence-corrected chi connectivity index (χ4v) is 3.89. The van der Waals surface area contributed by atoms with Crippen LogP contribution in [0.1, 0.15) is 36.4 Å². The third-order valence-electron chi connectivity index (χ3n) is 4.39. The third-order valence-corrected chi connectivity index (χ3v) is 5.54. The van der Waals surface area contributed by atoms with E-state index >= 15 is 0 Å². The van der Waals surface area contributed by atoms with E-state index in [0.717, 1.165) is 21.8 Å². The summed E-state index contributed by atoms with van der Waals surface area (Å²) in [6.45, 7) is 11.6. The van der Waals surface area contributed by atoms with E-state index in [1.54, 1.807) is 31.6 Å². The molecule has 0 fully saturated rings. The van der Waals surface area contributed by atoms with Gasteiger partial charge in [0.15, 0.2) is 0 Å². The third kappa shape index (κ3) is 6.37. The topological polar surface area (TPSA) is 96.2 Å². The van der Waals surface area contributed by atoms with Crippen molar-refractivity contribution in [3.8, 4) is 0 Å². The number of carbonyl (C=O) groups excluding carboxylic acids is 1. The molecule has 0 aliphatic rings. The van der Waals surface area contributed by atoms with Crippen LogP contribution in [-0.2, 0) is 17.9 Å². The van der Waals surface area contributed by atoms with Gasteiger partial charge in [0.05, 0.1) is 0 Å². The molecule has 1 amide bonds. The summed E-state index contributed by atoms with van der Waals surface area (Å²) in [5.74, 6) is 0.342. The second-order valence-corrected chi connectivity index (χ2v) is 8.99. The highest BCUT2D eigenvalue weighted by Gasteiger charge is 2.14. The lowest BCUT2D eigenvalue weighted by molar-refractivity contribution is -0.121. The van der Waals surface area contributed by atoms with Gasteiger partial charge in [-0.1, -0.05) is 19.9 Å². The maximum Gasteiger partial charge on any atom is 0.408 e. The lowest BCUT2D eigenvalue weighted by atomic mass is 9.89. The van der Waals surface area contributed by atoms with E-state index in [0.29, 0.717) is 23.2 Å². The van der Waals surface area contributed by atoms with E-state index in [9.17, 15) is 14.6 Å². The summed E-state index contributed by atoms with van der Waals surface area (Å²) >= 11 is 1.65. The minimum absolute atomic E-state index is 0.0216. The number of hydrogen-bond donors (Lipinski definition) is 3. The van der Waals surface area contributed by atoms with E-state index in [-0.39, 0.29) is 18.0 Å². The largest absolute Gasteiger partial charge is 0.433 e. The van der Waals surface area contributed by atoms with Crippen LogP contribution in [0.25, 0.3) is 0 Å². The first kappa shape index (κ1) is 23.0. The molecule has 2 heterocycles. The highest BCUT2D eigenvalue weighted by molar-refractivity contribution is 8.00. The Labute approximate surface area is 176 Å². The summed E-state index contributed by atoms with van der Waals surface area (Å²) in [7, 11) is -0.692. The minimum Gasteiger partial charge on any atom is -0.433 e. The van der Waals surface area contributed by atoms with Gasteiger partial charge >= 0.3 is 7.05 Å². The molecule has 2 aromatic rings. The normalized spacial score (nSPS) is 10.9. The number of carbonyl (C=O) groups is 1. The maximum absolute atomic E-state index is 12.7. The zero-order valence-electron chi connectivity index (χ0n) is 17.9. The van der Waals surface area contributed by atoms with Gasteiger partial charge in [-0.05, 0) is 45.3 Å². The number of aromatic nitrogens is 2. The highest BCUT2D eigenvalue weighted by atomic mass is 32.2. The lowest BCUT2D eigenvalue weighted by Gasteiger charge is -2.15. The van der Waals surface area contributed by atoms with E-state index in [2.05, 4.69) is 29.4 Å². The number of thioether (sulfide) groups is 1. The molecule has 0 spiro atoms. The zero-order valence-corrected chi connectivity index (χ0v) is 18.7. The van der Waals surface area contributed by atoms with Gasteiger partial charge in [-0.15, -0.1) is 11.8 Å². The lowest BCUT2D eigenvalue weighted by Crippen LogP contribution is -2.34. The van der Waals surface area contributed by atoms with Crippen LogP contribution in [0, 0.1) is 20.8 Å². The van der Waals surface area contributed by atoms with E-state index in [4.69, 9.17) is 0 Å². The van der Waals surface area contributed by atoms with Crippen LogP contribution < -0.4 is 16.1 Å². The van der Waals surface area contributed by atoms with Crippen LogP contribution in [0.2, 0.25) is 6.82 Å². The van der Waals surface area contributed by atoms with Crippen LogP contribution in [0.3, 0.4) is 0 Å². The maximum atomic E-state index is 12.7. The highest BCUT2D eigenvalue weighted by Crippen LogP contribution is 2.25. The second kappa shape index (κ2) is 9.98. The molecular formula is C20H29BN4O3S. The van der Waals surface area contributed by atoms with Gasteiger partial charge in [-0.25, -0.2) is 4.98 Å². The number of amides is 1. The van der Waals surface area contributed by atoms with Gasteiger partial charge in [0.2, 0.25) is 5.91 Å². The van der Waals surface area contributed by atoms with Crippen molar-refractivity contribution in [1.29, 1.82) is 0 Å². The molecule has 7 nitrogen and oxygen atoms in total. The van der Waals surface area contributed by atoms with Crippen LogP contribution in [0.4, 0.5) is 5.82 Å². The van der Waals surface area contributed by atoms with Crippen LogP contribution >= 0.6 is 11.8 Å². The first-order valence-electron chi connectivity index (χ1n) is 9.64. The molecular weight excluding hydrogens is 387 g/mol. The molecule has 2 rings (SSSR count). The first-order chi connectivity index (χ1) is 13.6. The molecule has 0 atom stereocenters. The Morgan fingerprint density at radius 3 is 2.59 bits per heavy atom. The smallest absolute Gasteiger partial charge is 0.408 e. The van der Waals surface area contributed by atoms with Crippen molar-refractivity contribution in [3.63, 3.8) is 0 Å². The molecule has 9 heteroatoms. The standard InChI is InChI=1S/C20H29BN4O3S/c1-12(2)29-17-9-13(3)25(20(27)14(17)4)11-19(26)22-10-16-7-8-18(23-15(16)5)24-21(6)28/h7-9,12,28H,10-11H2,1-6H3,(H,22,26)(H,23,24). The number of nitrogens with zero attached hydrogens (tertiary/aromatic N) is 2. The zero-order chi connectivity index (χ0) is 21.7. The second-order valence-electron chi connectivity index (χ2n) is 7.37. The number of rotatable bonds is 8. The molecule has 0 saturated heterocycles. The van der Waals surface area contributed by atoms with E-state index in [1.165, 1.54) is 4.57 Å². The molecule has 0 aliphatic heterocycles. The number of pyridine rings is 2. The van der Waals surface area contributed by atoms with Crippen molar-refractivity contribution < 1.29 is 9.82 Å². The minimum atomic E-state index is -0.692. The van der Waals surface area contributed by atoms with Crippen molar-refractivity contribution in [1.82, 2.24) is 14.9 Å². The average molecular weight is 416 g/mol. The van der Waals surface area contributed by atoms with Crippen molar-refractivity contribution in [2.75, 3.05) is 5.23 Å². The quantitative estimate of drug-likeness (QED) is 0.452. The molecule has 3 N–H and O–H groups in total. The Morgan fingerprint density at radius 2 is 2.00 bits per heavy atom. The Balaban J connectivity index is 2.06. The molecule has 0 saturated carbocycles. The predicted molar refractivity (Wildman–Crippen MR) is 119 cm³/mol. The Bertz CT molecular complexity index is 944. The molecule has 0 aliphatic carbocycles. The first-order valence-corrected chi connectivity index (χ1v) is 10.5. The molecule has 0 radical (unpaired) electrons. The average Bonchev–Trinajstić information content (AvgIpc) is 2.61. The van der Waals surface area contributed by atoms with Crippen LogP contribution in [-0.4, -0.2) is 32.8 Å². The number of nitrogens with one attached hydrogen (secondary N) is 2. The van der Waals surface area contributed by atoms with Gasteiger partial charge in [0, 0.05) is 33.6 Å². The van der Waals surface area contributed by atoms with Crippen molar-refractivity contribution in [2.45, 2.75) is 64.7 Å². The summed E-state index contributed by atoms with van der Waals surface area (Å²) in [6, 6.07) is 5.58. The summed E-state index contributed by atoms with van der Waals surface area (Å²) in [5, 5.41) is 15.4. The van der Waals surface area contributed by atoms with Crippen molar-refractivity contribution in [3.05, 3.63) is 51.1 Å². The number of hydrogen-bond acceptors (Lipinski definition) is 6. The molecule has 0 aromatic carbocycles. The van der Waals surface area contributed by atoms with E-state index < -0.39 is 7.05 Å². The van der Waals surface area contributed by atoms with Crippen LogP contribution in [0.5, 0.6) is 0 Å². The number of anilines is 1. The van der Waals surface area contributed by atoms with Gasteiger partial charge in [0.1, 0.15) is 12.4 Å². The fourth-order valence-electron chi connectivity index (χ4n) is 2.88. The summed E-state index contributed by atoms with van der Waals surface area (Å²) in [4.78, 5) is 30.5. The summed E-state index contributed by atoms with van der Waals surface area (Å²) in [6.07, 6.45) is 0. The Hall–Kier alpha value is -2.26. The van der Waals surface area contributed by atoms with Gasteiger partial charge in [0.25, 0.3) is 5.56 Å². The summed E-state index contributed by atoms with van der Waals surface area (Å²) < 4.78 is 1.51. The monoisotopic (exact) mass is 416 g/mol. The molecule has 156 valence electrons. The predicted octanol–water partition coefficient (Wildman–Crippen LogP) is 2.51. The van der Waals surface area contributed by atoms with Crippen molar-refractivity contribution >= 4 is 30.5 Å². The van der Waals surface area contributed by atoms with Gasteiger partial charge < -0.3 is 20.1 Å². The molecule has 0 unspecified atom stereocenters. The summed E-state index contributed by atoms with van der Waals surface area (Å²) in [5.41, 5.74) is 2.94. The molecule has 29 heavy (non-hydrogen) atoms. The van der Waals surface area contributed by atoms with Gasteiger partial charge in [-0.2, -0.15) is 0 Å². The Kier molecular flexibility index (Phi) is 7.92. The fraction of sp³-hybridized carbons (Fsp3) is 0.450. The molecule has 2 aromatic heterocycles. The molecule has 0 bridgehead atoms.